The van der Waals surface area contributed by atoms with E-state index in [1.807, 2.05) is 0 Å². The Bertz CT molecular complexity index is 850. The second-order valence-corrected chi connectivity index (χ2v) is 10.1. The van der Waals surface area contributed by atoms with E-state index in [0.29, 0.717) is 5.56 Å². The molecule has 0 aromatic heterocycles. The summed E-state index contributed by atoms with van der Waals surface area (Å²) in [5.74, 6) is -2.08. The van der Waals surface area contributed by atoms with Gasteiger partial charge in [0.25, 0.3) is 11.8 Å². The molecule has 2 amide bonds. The Balaban J connectivity index is 1.95. The predicted octanol–water partition coefficient (Wildman–Crippen LogP) is 2.47. The average molecular weight is 396 g/mol. The molecule has 0 aliphatic carbocycles. The number of rotatable bonds is 2. The molecule has 4 aliphatic heterocycles. The third-order valence-electron chi connectivity index (χ3n) is 5.77. The van der Waals surface area contributed by atoms with Crippen molar-refractivity contribution in [1.29, 1.82) is 0 Å². The van der Waals surface area contributed by atoms with Crippen LogP contribution in [0.25, 0.3) is 0 Å². The van der Waals surface area contributed by atoms with E-state index in [9.17, 15) is 23.9 Å². The number of hydrogen-bond donors (Lipinski definition) is 1. The Hall–Kier alpha value is -1.74. The van der Waals surface area contributed by atoms with Gasteiger partial charge in [0.1, 0.15) is 5.82 Å². The second kappa shape index (κ2) is 5.16. The van der Waals surface area contributed by atoms with Gasteiger partial charge in [-0.1, -0.05) is 33.7 Å². The lowest BCUT2D eigenvalue weighted by atomic mass is 9.78. The average Bonchev–Trinajstić information content (AvgIpc) is 2.88. The lowest BCUT2D eigenvalue weighted by Gasteiger charge is -2.57. The first kappa shape index (κ1) is 17.7. The van der Waals surface area contributed by atoms with Crippen LogP contribution in [-0.4, -0.2) is 49.5 Å². The Morgan fingerprint density at radius 1 is 1.19 bits per heavy atom. The minimum atomic E-state index is -1.37. The highest BCUT2D eigenvalue weighted by Gasteiger charge is 2.75. The number of aliphatic carboxylic acids is 1. The van der Waals surface area contributed by atoms with E-state index >= 15 is 0 Å². The van der Waals surface area contributed by atoms with Gasteiger partial charge in [-0.25, -0.2) is 4.39 Å². The summed E-state index contributed by atoms with van der Waals surface area (Å²) in [5, 5.41) is 9.98. The Morgan fingerprint density at radius 2 is 1.81 bits per heavy atom. The van der Waals surface area contributed by atoms with Crippen molar-refractivity contribution in [2.45, 2.75) is 36.1 Å². The maximum atomic E-state index is 13.4. The summed E-state index contributed by atoms with van der Waals surface area (Å²) in [4.78, 5) is 39.2. The molecule has 26 heavy (non-hydrogen) atoms. The third kappa shape index (κ3) is 1.87. The van der Waals surface area contributed by atoms with Crippen LogP contribution in [0.4, 0.5) is 4.39 Å². The van der Waals surface area contributed by atoms with Crippen LogP contribution in [0.2, 0.25) is 0 Å². The quantitative estimate of drug-likeness (QED) is 0.774. The number of halogens is 1. The van der Waals surface area contributed by atoms with E-state index in [1.165, 1.54) is 55.7 Å². The summed E-state index contributed by atoms with van der Waals surface area (Å²) in [6.45, 7) is 3.23. The topological polar surface area (TPSA) is 77.9 Å². The number of likely N-dealkylation sites (N-methyl/N-ethyl adjacent to an activating group) is 1. The molecule has 5 rings (SSSR count). The van der Waals surface area contributed by atoms with Crippen LogP contribution in [0.3, 0.4) is 0 Å². The highest BCUT2D eigenvalue weighted by Crippen LogP contribution is 2.69. The molecule has 1 N–H and O–H groups in total. The summed E-state index contributed by atoms with van der Waals surface area (Å²) in [6.07, 6.45) is 0.0000361. The second-order valence-electron chi connectivity index (χ2n) is 7.33. The van der Waals surface area contributed by atoms with Crippen LogP contribution < -0.4 is 0 Å². The van der Waals surface area contributed by atoms with E-state index in [-0.39, 0.29) is 18.2 Å². The van der Waals surface area contributed by atoms with E-state index in [0.717, 1.165) is 0 Å². The highest BCUT2D eigenvalue weighted by molar-refractivity contribution is 8.78. The Kier molecular flexibility index (Phi) is 3.51. The molecule has 0 unspecified atom stereocenters. The Labute approximate surface area is 157 Å². The van der Waals surface area contributed by atoms with E-state index in [1.54, 1.807) is 20.9 Å². The zero-order valence-corrected chi connectivity index (χ0v) is 16.0. The van der Waals surface area contributed by atoms with Gasteiger partial charge in [0.05, 0.1) is 11.5 Å². The molecule has 1 aromatic carbocycles. The fourth-order valence-corrected chi connectivity index (χ4v) is 7.74. The molecule has 4 atom stereocenters. The molecule has 2 bridgehead atoms. The minimum Gasteiger partial charge on any atom is -0.481 e. The van der Waals surface area contributed by atoms with Crippen LogP contribution in [0.1, 0.15) is 31.9 Å². The van der Waals surface area contributed by atoms with E-state index < -0.39 is 33.0 Å². The normalized spacial score (nSPS) is 38.7. The van der Waals surface area contributed by atoms with Gasteiger partial charge >= 0.3 is 5.97 Å². The van der Waals surface area contributed by atoms with Crippen molar-refractivity contribution in [3.8, 4) is 0 Å². The lowest BCUT2D eigenvalue weighted by molar-refractivity contribution is -0.164. The predicted molar refractivity (Wildman–Crippen MR) is 95.4 cm³/mol. The molecule has 4 fully saturated rings. The van der Waals surface area contributed by atoms with Gasteiger partial charge in [-0.15, -0.1) is 0 Å². The maximum Gasteiger partial charge on any atom is 0.311 e. The van der Waals surface area contributed by atoms with Crippen molar-refractivity contribution < 1.29 is 23.9 Å². The number of carboxylic acid groups (broad SMARTS) is 1. The molecule has 4 aliphatic rings. The van der Waals surface area contributed by atoms with Gasteiger partial charge in [0.2, 0.25) is 0 Å². The largest absolute Gasteiger partial charge is 0.481 e. The van der Waals surface area contributed by atoms with Gasteiger partial charge < -0.3 is 14.9 Å². The molecule has 6 nitrogen and oxygen atoms in total. The molecule has 1 aromatic rings. The van der Waals surface area contributed by atoms with Gasteiger partial charge in [-0.05, 0) is 31.5 Å². The van der Waals surface area contributed by atoms with Gasteiger partial charge in [-0.2, -0.15) is 0 Å². The summed E-state index contributed by atoms with van der Waals surface area (Å²) >= 11 is 0. The van der Waals surface area contributed by atoms with Crippen LogP contribution in [0.5, 0.6) is 0 Å². The number of benzene rings is 1. The number of piperazine rings is 1. The molecule has 138 valence electrons. The third-order valence-corrected chi connectivity index (χ3v) is 9.47. The first-order valence-electron chi connectivity index (χ1n) is 8.06. The van der Waals surface area contributed by atoms with Crippen molar-refractivity contribution >= 4 is 39.4 Å². The number of carbonyl (C=O) groups excluding carboxylic acids is 2. The smallest absolute Gasteiger partial charge is 0.311 e. The molecule has 0 saturated carbocycles. The number of hydrogen-bond acceptors (Lipinski definition) is 5. The molecule has 0 radical (unpaired) electrons. The monoisotopic (exact) mass is 396 g/mol. The number of carbonyl (C=O) groups is 3. The summed E-state index contributed by atoms with van der Waals surface area (Å²) < 4.78 is 13.4. The fraction of sp³-hybridized carbons (Fsp3) is 0.471. The van der Waals surface area contributed by atoms with Gasteiger partial charge in [0.15, 0.2) is 9.74 Å². The zero-order chi connectivity index (χ0) is 19.1. The van der Waals surface area contributed by atoms with E-state index in [4.69, 9.17) is 0 Å². The van der Waals surface area contributed by atoms with E-state index in [2.05, 4.69) is 0 Å². The number of nitrogens with zero attached hydrogens (tertiary/aromatic N) is 2. The Morgan fingerprint density at radius 3 is 2.38 bits per heavy atom. The standard InChI is InChI=1S/C17H17FN2O4S2/c1-15(14(23)24)8-17-13(22)19(3)16(2,25-26-17)12(21)20(17)11(15)9-4-6-10(18)7-5-9/h4-7,11H,8H2,1-3H3,(H,23,24)/t11-,15-,16-,17-/m0/s1. The molecule has 9 heteroatoms. The van der Waals surface area contributed by atoms with Crippen LogP contribution in [-0.2, 0) is 14.4 Å². The molecule has 4 saturated heterocycles. The summed E-state index contributed by atoms with van der Waals surface area (Å²) in [6, 6.07) is 4.62. The lowest BCUT2D eigenvalue weighted by Crippen LogP contribution is -2.73. The summed E-state index contributed by atoms with van der Waals surface area (Å²) in [7, 11) is 4.13. The maximum absolute atomic E-state index is 13.4. The first-order chi connectivity index (χ1) is 12.1. The number of carboxylic acids is 1. The number of fused-ring (bicyclic) bond motifs is 2. The van der Waals surface area contributed by atoms with Crippen molar-refractivity contribution in [3.05, 3.63) is 35.6 Å². The van der Waals surface area contributed by atoms with Crippen molar-refractivity contribution in [2.24, 2.45) is 5.41 Å². The fourth-order valence-electron chi connectivity index (χ4n) is 4.16. The van der Waals surface area contributed by atoms with Crippen LogP contribution in [0.15, 0.2) is 24.3 Å². The zero-order valence-electron chi connectivity index (χ0n) is 14.4. The SMILES string of the molecule is CN1C(=O)[C@@]23C[C@](C)(C(=O)O)[C@H](c4ccc(F)cc4)N2C(=O)[C@]1(C)SS3. The molecule has 4 heterocycles. The van der Waals surface area contributed by atoms with Gasteiger partial charge in [-0.3, -0.25) is 14.4 Å². The molecular weight excluding hydrogens is 379 g/mol. The van der Waals surface area contributed by atoms with Crippen molar-refractivity contribution in [3.63, 3.8) is 0 Å². The van der Waals surface area contributed by atoms with Crippen LogP contribution in [0, 0.1) is 11.2 Å². The van der Waals surface area contributed by atoms with Crippen molar-refractivity contribution in [2.75, 3.05) is 7.05 Å². The highest BCUT2D eigenvalue weighted by atomic mass is 33.1. The van der Waals surface area contributed by atoms with Crippen LogP contribution >= 0.6 is 21.6 Å². The molecule has 1 spiro atoms. The van der Waals surface area contributed by atoms with Gasteiger partial charge in [0, 0.05) is 13.5 Å². The minimum absolute atomic E-state index is 0.0000361. The summed E-state index contributed by atoms with van der Waals surface area (Å²) in [5.41, 5.74) is -0.855. The first-order valence-corrected chi connectivity index (χ1v) is 10.2. The number of amides is 2. The molecular formula is C17H17FN2O4S2. The van der Waals surface area contributed by atoms with Crippen molar-refractivity contribution in [1.82, 2.24) is 9.80 Å².